The van der Waals surface area contributed by atoms with Crippen LogP contribution in [0, 0.1) is 0 Å². The number of benzene rings is 2. The van der Waals surface area contributed by atoms with E-state index in [1.165, 1.54) is 7.11 Å². The number of hydrogen-bond donors (Lipinski definition) is 1. The lowest BCUT2D eigenvalue weighted by Crippen LogP contribution is -2.31. The summed E-state index contributed by atoms with van der Waals surface area (Å²) in [7, 11) is 1.49. The summed E-state index contributed by atoms with van der Waals surface area (Å²) in [4.78, 5) is 25.2. The van der Waals surface area contributed by atoms with Crippen LogP contribution < -0.4 is 10.1 Å². The molecule has 2 aromatic rings. The molecule has 0 saturated carbocycles. The number of carbonyl (C=O) groups is 2. The Hall–Kier alpha value is -2.47. The van der Waals surface area contributed by atoms with Crippen LogP contribution in [-0.4, -0.2) is 31.8 Å². The van der Waals surface area contributed by atoms with E-state index < -0.39 is 5.97 Å². The Morgan fingerprint density at radius 1 is 1.16 bits per heavy atom. The van der Waals surface area contributed by atoms with Gasteiger partial charge in [0.15, 0.2) is 6.61 Å². The molecular formula is C19H21NO4S. The first-order chi connectivity index (χ1) is 12.0. The second-order valence-corrected chi connectivity index (χ2v) is 6.22. The third-order valence-corrected chi connectivity index (χ3v) is 4.37. The molecule has 0 spiro atoms. The van der Waals surface area contributed by atoms with Crippen LogP contribution in [-0.2, 0) is 9.53 Å². The maximum absolute atomic E-state index is 12.2. The first-order valence-electron chi connectivity index (χ1n) is 7.78. The van der Waals surface area contributed by atoms with E-state index in [9.17, 15) is 9.59 Å². The number of hydrogen-bond acceptors (Lipinski definition) is 5. The standard InChI is InChI=1S/C19H21NO4S/c1-13(14-7-5-4-6-8-14)20-18(21)12-24-19(22)16-10-9-15(25-3)11-17(16)23-2/h4-11,13H,12H2,1-3H3,(H,20,21)/t13-/m1/s1. The molecule has 132 valence electrons. The molecule has 0 fully saturated rings. The SMILES string of the molecule is COc1cc(SC)ccc1C(=O)OCC(=O)N[C@H](C)c1ccccc1. The predicted molar refractivity (Wildman–Crippen MR) is 98.1 cm³/mol. The lowest BCUT2D eigenvalue weighted by Gasteiger charge is -2.14. The molecule has 0 unspecified atom stereocenters. The molecule has 5 nitrogen and oxygen atoms in total. The quantitative estimate of drug-likeness (QED) is 0.606. The van der Waals surface area contributed by atoms with E-state index in [4.69, 9.17) is 9.47 Å². The minimum Gasteiger partial charge on any atom is -0.496 e. The molecule has 0 radical (unpaired) electrons. The van der Waals surface area contributed by atoms with Gasteiger partial charge in [0.25, 0.3) is 5.91 Å². The minimum absolute atomic E-state index is 0.164. The van der Waals surface area contributed by atoms with Crippen molar-refractivity contribution in [3.8, 4) is 5.75 Å². The van der Waals surface area contributed by atoms with E-state index in [1.54, 1.807) is 30.0 Å². The summed E-state index contributed by atoms with van der Waals surface area (Å²) >= 11 is 1.55. The third kappa shape index (κ3) is 5.26. The van der Waals surface area contributed by atoms with Crippen molar-refractivity contribution in [2.75, 3.05) is 20.0 Å². The van der Waals surface area contributed by atoms with Crippen LogP contribution in [0.3, 0.4) is 0 Å². The van der Waals surface area contributed by atoms with E-state index in [0.29, 0.717) is 11.3 Å². The van der Waals surface area contributed by atoms with Crippen LogP contribution in [0.25, 0.3) is 0 Å². The molecule has 1 atom stereocenters. The summed E-state index contributed by atoms with van der Waals surface area (Å²) in [6, 6.07) is 14.6. The maximum atomic E-state index is 12.2. The van der Waals surface area contributed by atoms with Gasteiger partial charge in [-0.3, -0.25) is 4.79 Å². The Bertz CT molecular complexity index is 733. The number of rotatable bonds is 7. The van der Waals surface area contributed by atoms with Crippen molar-refractivity contribution in [3.05, 3.63) is 59.7 Å². The largest absolute Gasteiger partial charge is 0.496 e. The van der Waals surface area contributed by atoms with E-state index in [1.807, 2.05) is 43.5 Å². The molecule has 0 aliphatic rings. The molecule has 0 bridgehead atoms. The fraction of sp³-hybridized carbons (Fsp3) is 0.263. The topological polar surface area (TPSA) is 64.6 Å². The van der Waals surface area contributed by atoms with Crippen LogP contribution in [0.4, 0.5) is 0 Å². The molecular weight excluding hydrogens is 338 g/mol. The monoisotopic (exact) mass is 359 g/mol. The number of methoxy groups -OCH3 is 1. The first-order valence-corrected chi connectivity index (χ1v) is 9.01. The molecule has 1 N–H and O–H groups in total. The Kier molecular flexibility index (Phi) is 6.89. The molecule has 1 amide bonds. The Morgan fingerprint density at radius 3 is 2.52 bits per heavy atom. The van der Waals surface area contributed by atoms with Crippen molar-refractivity contribution in [2.24, 2.45) is 0 Å². The fourth-order valence-corrected chi connectivity index (χ4v) is 2.71. The van der Waals surface area contributed by atoms with Crippen molar-refractivity contribution in [1.82, 2.24) is 5.32 Å². The van der Waals surface area contributed by atoms with Crippen LogP contribution in [0.5, 0.6) is 5.75 Å². The summed E-state index contributed by atoms with van der Waals surface area (Å²) in [5.41, 5.74) is 1.28. The number of ether oxygens (including phenoxy) is 2. The van der Waals surface area contributed by atoms with Gasteiger partial charge in [-0.25, -0.2) is 4.79 Å². The van der Waals surface area contributed by atoms with Crippen molar-refractivity contribution in [1.29, 1.82) is 0 Å². The van der Waals surface area contributed by atoms with Crippen LogP contribution in [0.15, 0.2) is 53.4 Å². The smallest absolute Gasteiger partial charge is 0.342 e. The zero-order valence-electron chi connectivity index (χ0n) is 14.4. The van der Waals surface area contributed by atoms with Gasteiger partial charge in [0.2, 0.25) is 0 Å². The number of thioether (sulfide) groups is 1. The average molecular weight is 359 g/mol. The predicted octanol–water partition coefficient (Wildman–Crippen LogP) is 3.45. The van der Waals surface area contributed by atoms with Gasteiger partial charge in [-0.2, -0.15) is 0 Å². The lowest BCUT2D eigenvalue weighted by atomic mass is 10.1. The van der Waals surface area contributed by atoms with E-state index in [2.05, 4.69) is 5.32 Å². The van der Waals surface area contributed by atoms with Gasteiger partial charge in [-0.15, -0.1) is 11.8 Å². The molecule has 0 aromatic heterocycles. The molecule has 0 saturated heterocycles. The van der Waals surface area contributed by atoms with E-state index in [0.717, 1.165) is 10.5 Å². The normalized spacial score (nSPS) is 11.5. The van der Waals surface area contributed by atoms with Crippen molar-refractivity contribution in [3.63, 3.8) is 0 Å². The first kappa shape index (κ1) is 18.9. The van der Waals surface area contributed by atoms with E-state index >= 15 is 0 Å². The third-order valence-electron chi connectivity index (χ3n) is 3.64. The summed E-state index contributed by atoms with van der Waals surface area (Å²) in [5, 5.41) is 2.80. The van der Waals surface area contributed by atoms with Gasteiger partial charge in [-0.05, 0) is 36.9 Å². The lowest BCUT2D eigenvalue weighted by molar-refractivity contribution is -0.124. The van der Waals surface area contributed by atoms with Gasteiger partial charge < -0.3 is 14.8 Å². The summed E-state index contributed by atoms with van der Waals surface area (Å²) < 4.78 is 10.3. The molecule has 25 heavy (non-hydrogen) atoms. The van der Waals surface area contributed by atoms with Crippen molar-refractivity contribution < 1.29 is 19.1 Å². The summed E-state index contributed by atoms with van der Waals surface area (Å²) in [6.45, 7) is 1.53. The van der Waals surface area contributed by atoms with Crippen LogP contribution >= 0.6 is 11.8 Å². The Labute approximate surface area is 151 Å². The molecule has 0 aliphatic heterocycles. The molecule has 0 aliphatic carbocycles. The zero-order valence-corrected chi connectivity index (χ0v) is 15.3. The van der Waals surface area contributed by atoms with Gasteiger partial charge in [0.05, 0.1) is 13.2 Å². The summed E-state index contributed by atoms with van der Waals surface area (Å²) in [6.07, 6.45) is 1.94. The van der Waals surface area contributed by atoms with Crippen molar-refractivity contribution >= 4 is 23.6 Å². The van der Waals surface area contributed by atoms with Gasteiger partial charge >= 0.3 is 5.97 Å². The van der Waals surface area contributed by atoms with Gasteiger partial charge in [0.1, 0.15) is 11.3 Å². The minimum atomic E-state index is -0.591. The number of carbonyl (C=O) groups excluding carboxylic acids is 2. The highest BCUT2D eigenvalue weighted by Crippen LogP contribution is 2.25. The highest BCUT2D eigenvalue weighted by molar-refractivity contribution is 7.98. The number of esters is 1. The second-order valence-electron chi connectivity index (χ2n) is 5.34. The van der Waals surface area contributed by atoms with Gasteiger partial charge in [0, 0.05) is 4.90 Å². The zero-order chi connectivity index (χ0) is 18.2. The number of nitrogens with one attached hydrogen (secondary N) is 1. The molecule has 0 heterocycles. The summed E-state index contributed by atoms with van der Waals surface area (Å²) in [5.74, 6) is -0.522. The Morgan fingerprint density at radius 2 is 1.88 bits per heavy atom. The Balaban J connectivity index is 1.92. The highest BCUT2D eigenvalue weighted by Gasteiger charge is 2.17. The van der Waals surface area contributed by atoms with Crippen molar-refractivity contribution in [2.45, 2.75) is 17.9 Å². The second kappa shape index (κ2) is 9.13. The van der Waals surface area contributed by atoms with Gasteiger partial charge in [-0.1, -0.05) is 30.3 Å². The molecule has 2 aromatic carbocycles. The fourth-order valence-electron chi connectivity index (χ4n) is 2.28. The number of amides is 1. The van der Waals surface area contributed by atoms with E-state index in [-0.39, 0.29) is 18.6 Å². The van der Waals surface area contributed by atoms with Crippen LogP contribution in [0.1, 0.15) is 28.9 Å². The van der Waals surface area contributed by atoms with Crippen LogP contribution in [0.2, 0.25) is 0 Å². The maximum Gasteiger partial charge on any atom is 0.342 e. The highest BCUT2D eigenvalue weighted by atomic mass is 32.2. The molecule has 6 heteroatoms. The molecule has 2 rings (SSSR count). The average Bonchev–Trinajstić information content (AvgIpc) is 2.66.